The minimum Gasteiger partial charge on any atom is -0.491 e. The standard InChI is InChI=1S/C18H22N2O2/c1-13-6-4-8-16(12-13)20-18(21)19-10-11-22-17-9-5-7-14(2)15(17)3/h4-9,12H,10-11H2,1-3H3,(H2,19,20,21). The molecule has 4 nitrogen and oxygen atoms in total. The van der Waals surface area contributed by atoms with Crippen molar-refractivity contribution in [2.45, 2.75) is 20.8 Å². The molecule has 0 aliphatic carbocycles. The average Bonchev–Trinajstić information content (AvgIpc) is 2.48. The molecule has 2 amide bonds. The highest BCUT2D eigenvalue weighted by molar-refractivity contribution is 5.89. The third-order valence-corrected chi connectivity index (χ3v) is 3.48. The zero-order chi connectivity index (χ0) is 15.9. The van der Waals surface area contributed by atoms with Crippen molar-refractivity contribution in [1.82, 2.24) is 5.32 Å². The van der Waals surface area contributed by atoms with Crippen LogP contribution in [0.3, 0.4) is 0 Å². The molecule has 0 aliphatic heterocycles. The van der Waals surface area contributed by atoms with E-state index in [-0.39, 0.29) is 6.03 Å². The van der Waals surface area contributed by atoms with Gasteiger partial charge in [-0.3, -0.25) is 0 Å². The van der Waals surface area contributed by atoms with E-state index >= 15 is 0 Å². The summed E-state index contributed by atoms with van der Waals surface area (Å²) >= 11 is 0. The van der Waals surface area contributed by atoms with Crippen LogP contribution >= 0.6 is 0 Å². The molecule has 0 fully saturated rings. The lowest BCUT2D eigenvalue weighted by molar-refractivity contribution is 0.247. The number of hydrogen-bond acceptors (Lipinski definition) is 2. The van der Waals surface area contributed by atoms with Crippen LogP contribution in [-0.2, 0) is 0 Å². The summed E-state index contributed by atoms with van der Waals surface area (Å²) in [5.41, 5.74) is 4.22. The molecule has 0 unspecified atom stereocenters. The minimum absolute atomic E-state index is 0.227. The average molecular weight is 298 g/mol. The van der Waals surface area contributed by atoms with Crippen molar-refractivity contribution in [2.24, 2.45) is 0 Å². The first kappa shape index (κ1) is 15.9. The fourth-order valence-electron chi connectivity index (χ4n) is 2.10. The largest absolute Gasteiger partial charge is 0.491 e. The van der Waals surface area contributed by atoms with Gasteiger partial charge in [0.1, 0.15) is 12.4 Å². The van der Waals surface area contributed by atoms with Crippen molar-refractivity contribution >= 4 is 11.7 Å². The molecule has 2 N–H and O–H groups in total. The number of ether oxygens (including phenoxy) is 1. The summed E-state index contributed by atoms with van der Waals surface area (Å²) in [7, 11) is 0. The second-order valence-corrected chi connectivity index (χ2v) is 5.30. The van der Waals surface area contributed by atoms with Gasteiger partial charge in [0.05, 0.1) is 6.54 Å². The maximum Gasteiger partial charge on any atom is 0.319 e. The molecule has 0 radical (unpaired) electrons. The van der Waals surface area contributed by atoms with E-state index in [0.717, 1.165) is 22.6 Å². The van der Waals surface area contributed by atoms with Gasteiger partial charge in [-0.15, -0.1) is 0 Å². The van der Waals surface area contributed by atoms with Gasteiger partial charge in [0, 0.05) is 5.69 Å². The van der Waals surface area contributed by atoms with Crippen LogP contribution in [0.15, 0.2) is 42.5 Å². The van der Waals surface area contributed by atoms with Crippen LogP contribution in [0.25, 0.3) is 0 Å². The van der Waals surface area contributed by atoms with Crippen LogP contribution in [0.4, 0.5) is 10.5 Å². The number of rotatable bonds is 5. The third-order valence-electron chi connectivity index (χ3n) is 3.48. The molecule has 0 heterocycles. The van der Waals surface area contributed by atoms with Gasteiger partial charge in [-0.05, 0) is 55.7 Å². The first-order valence-corrected chi connectivity index (χ1v) is 7.37. The van der Waals surface area contributed by atoms with E-state index in [9.17, 15) is 4.79 Å². The highest BCUT2D eigenvalue weighted by Crippen LogP contribution is 2.20. The summed E-state index contributed by atoms with van der Waals surface area (Å²) in [6.07, 6.45) is 0. The summed E-state index contributed by atoms with van der Waals surface area (Å²) in [4.78, 5) is 11.8. The Morgan fingerprint density at radius 2 is 1.86 bits per heavy atom. The van der Waals surface area contributed by atoms with Crippen LogP contribution in [-0.4, -0.2) is 19.2 Å². The summed E-state index contributed by atoms with van der Waals surface area (Å²) in [5.74, 6) is 0.862. The Labute approximate surface area is 131 Å². The second-order valence-electron chi connectivity index (χ2n) is 5.30. The van der Waals surface area contributed by atoms with Crippen molar-refractivity contribution < 1.29 is 9.53 Å². The van der Waals surface area contributed by atoms with Crippen LogP contribution < -0.4 is 15.4 Å². The van der Waals surface area contributed by atoms with Crippen LogP contribution in [0.5, 0.6) is 5.75 Å². The molecule has 2 aromatic rings. The monoisotopic (exact) mass is 298 g/mol. The number of carbonyl (C=O) groups excluding carboxylic acids is 1. The highest BCUT2D eigenvalue weighted by atomic mass is 16.5. The number of aryl methyl sites for hydroxylation is 2. The van der Waals surface area contributed by atoms with Crippen molar-refractivity contribution in [1.29, 1.82) is 0 Å². The van der Waals surface area contributed by atoms with Crippen molar-refractivity contribution in [2.75, 3.05) is 18.5 Å². The Morgan fingerprint density at radius 1 is 1.09 bits per heavy atom. The molecule has 2 aromatic carbocycles. The van der Waals surface area contributed by atoms with Gasteiger partial charge < -0.3 is 15.4 Å². The number of amides is 2. The third kappa shape index (κ3) is 4.52. The fourth-order valence-corrected chi connectivity index (χ4v) is 2.10. The molecular weight excluding hydrogens is 276 g/mol. The van der Waals surface area contributed by atoms with Crippen LogP contribution in [0.2, 0.25) is 0 Å². The van der Waals surface area contributed by atoms with Crippen molar-refractivity contribution in [3.63, 3.8) is 0 Å². The van der Waals surface area contributed by atoms with Gasteiger partial charge in [-0.2, -0.15) is 0 Å². The van der Waals surface area contributed by atoms with Crippen LogP contribution in [0.1, 0.15) is 16.7 Å². The Kier molecular flexibility index (Phi) is 5.42. The van der Waals surface area contributed by atoms with Gasteiger partial charge in [-0.1, -0.05) is 24.3 Å². The lowest BCUT2D eigenvalue weighted by Crippen LogP contribution is -2.32. The van der Waals surface area contributed by atoms with Gasteiger partial charge in [0.15, 0.2) is 0 Å². The van der Waals surface area contributed by atoms with E-state index < -0.39 is 0 Å². The van der Waals surface area contributed by atoms with Crippen LogP contribution in [0, 0.1) is 20.8 Å². The number of hydrogen-bond donors (Lipinski definition) is 2. The molecule has 22 heavy (non-hydrogen) atoms. The van der Waals surface area contributed by atoms with E-state index in [0.29, 0.717) is 13.2 Å². The first-order valence-electron chi connectivity index (χ1n) is 7.37. The smallest absolute Gasteiger partial charge is 0.319 e. The molecule has 4 heteroatoms. The van der Waals surface area contributed by atoms with Gasteiger partial charge in [0.2, 0.25) is 0 Å². The molecule has 0 atom stereocenters. The zero-order valence-electron chi connectivity index (χ0n) is 13.3. The molecule has 0 spiro atoms. The maximum atomic E-state index is 11.8. The number of anilines is 1. The summed E-state index contributed by atoms with van der Waals surface area (Å²) in [6, 6.07) is 13.4. The lowest BCUT2D eigenvalue weighted by Gasteiger charge is -2.12. The second kappa shape index (κ2) is 7.50. The first-order chi connectivity index (χ1) is 10.6. The topological polar surface area (TPSA) is 50.4 Å². The van der Waals surface area contributed by atoms with Gasteiger partial charge in [-0.25, -0.2) is 4.79 Å². The Bertz CT molecular complexity index is 653. The van der Waals surface area contributed by atoms with Crippen molar-refractivity contribution in [3.8, 4) is 5.75 Å². The van der Waals surface area contributed by atoms with Gasteiger partial charge in [0.25, 0.3) is 0 Å². The quantitative estimate of drug-likeness (QED) is 0.825. The molecular formula is C18H22N2O2. The Balaban J connectivity index is 1.74. The zero-order valence-corrected chi connectivity index (χ0v) is 13.3. The normalized spacial score (nSPS) is 10.1. The number of carbonyl (C=O) groups is 1. The number of nitrogens with one attached hydrogen (secondary N) is 2. The van der Waals surface area contributed by atoms with E-state index in [1.54, 1.807) is 0 Å². The van der Waals surface area contributed by atoms with E-state index in [1.165, 1.54) is 5.56 Å². The van der Waals surface area contributed by atoms with Crippen molar-refractivity contribution in [3.05, 3.63) is 59.2 Å². The highest BCUT2D eigenvalue weighted by Gasteiger charge is 2.03. The molecule has 116 valence electrons. The molecule has 0 aromatic heterocycles. The number of urea groups is 1. The molecule has 2 rings (SSSR count). The summed E-state index contributed by atoms with van der Waals surface area (Å²) in [6.45, 7) is 6.95. The maximum absolute atomic E-state index is 11.8. The molecule has 0 bridgehead atoms. The fraction of sp³-hybridized carbons (Fsp3) is 0.278. The van der Waals surface area contributed by atoms with E-state index in [4.69, 9.17) is 4.74 Å². The van der Waals surface area contributed by atoms with E-state index in [2.05, 4.69) is 23.6 Å². The predicted octanol–water partition coefficient (Wildman–Crippen LogP) is 3.81. The predicted molar refractivity (Wildman–Crippen MR) is 89.6 cm³/mol. The van der Waals surface area contributed by atoms with E-state index in [1.807, 2.05) is 50.2 Å². The Hall–Kier alpha value is -2.49. The SMILES string of the molecule is Cc1cccc(NC(=O)NCCOc2cccc(C)c2C)c1. The van der Waals surface area contributed by atoms with Gasteiger partial charge >= 0.3 is 6.03 Å². The summed E-state index contributed by atoms with van der Waals surface area (Å²) < 4.78 is 5.69. The molecule has 0 aliphatic rings. The molecule has 0 saturated carbocycles. The molecule has 0 saturated heterocycles. The Morgan fingerprint density at radius 3 is 2.64 bits per heavy atom. The number of benzene rings is 2. The minimum atomic E-state index is -0.227. The summed E-state index contributed by atoms with van der Waals surface area (Å²) in [5, 5.41) is 5.58. The lowest BCUT2D eigenvalue weighted by atomic mass is 10.1.